The lowest BCUT2D eigenvalue weighted by atomic mass is 9.95. The quantitative estimate of drug-likeness (QED) is 0.342. The zero-order valence-electron chi connectivity index (χ0n) is 21.5. The van der Waals surface area contributed by atoms with Crippen LogP contribution in [0.3, 0.4) is 0 Å². The Morgan fingerprint density at radius 3 is 2.34 bits per heavy atom. The standard InChI is InChI=1S/C32H34N4O2/c37-31(27-11-10-23-12-15-33-29(23)20-27)35-30(24-6-2-1-3-7-24)32(38)34-21-22-13-16-36(17-14-22)28-18-25-8-4-5-9-26(25)19-28/h1-12,15,20,22,28,30,33H,13-14,16-19,21H2,(H,34,38)(H,35,37)/t30-/m1/s1. The largest absolute Gasteiger partial charge is 0.361 e. The number of amides is 2. The number of benzene rings is 3. The third-order valence-corrected chi connectivity index (χ3v) is 8.25. The molecule has 1 fully saturated rings. The predicted molar refractivity (Wildman–Crippen MR) is 150 cm³/mol. The Balaban J connectivity index is 1.05. The summed E-state index contributed by atoms with van der Waals surface area (Å²) in [4.78, 5) is 32.3. The molecule has 3 aromatic carbocycles. The number of likely N-dealkylation sites (tertiary alicyclic amines) is 1. The molecule has 3 N–H and O–H groups in total. The van der Waals surface area contributed by atoms with Crippen molar-refractivity contribution in [1.82, 2.24) is 20.5 Å². The second-order valence-corrected chi connectivity index (χ2v) is 10.7. The van der Waals surface area contributed by atoms with E-state index >= 15 is 0 Å². The molecule has 1 aromatic heterocycles. The van der Waals surface area contributed by atoms with Crippen molar-refractivity contribution < 1.29 is 9.59 Å². The van der Waals surface area contributed by atoms with Crippen molar-refractivity contribution in [3.63, 3.8) is 0 Å². The molecular weight excluding hydrogens is 472 g/mol. The first kappa shape index (κ1) is 24.4. The normalized spacial score (nSPS) is 17.3. The van der Waals surface area contributed by atoms with Crippen LogP contribution in [0.25, 0.3) is 10.9 Å². The molecule has 2 heterocycles. The molecule has 0 unspecified atom stereocenters. The number of aromatic amines is 1. The minimum atomic E-state index is -0.750. The van der Waals surface area contributed by atoms with Crippen LogP contribution in [0.1, 0.15) is 45.9 Å². The Morgan fingerprint density at radius 2 is 1.61 bits per heavy atom. The minimum absolute atomic E-state index is 0.167. The van der Waals surface area contributed by atoms with E-state index in [0.717, 1.165) is 55.2 Å². The highest BCUT2D eigenvalue weighted by Gasteiger charge is 2.30. The van der Waals surface area contributed by atoms with E-state index in [1.54, 1.807) is 6.07 Å². The first-order chi connectivity index (χ1) is 18.6. The van der Waals surface area contributed by atoms with E-state index in [1.165, 1.54) is 11.1 Å². The average molecular weight is 507 g/mol. The topological polar surface area (TPSA) is 77.2 Å². The van der Waals surface area contributed by atoms with Crippen LogP contribution in [0.5, 0.6) is 0 Å². The molecule has 6 rings (SSSR count). The van der Waals surface area contributed by atoms with Crippen LogP contribution < -0.4 is 10.6 Å². The van der Waals surface area contributed by atoms with Gasteiger partial charge in [0.25, 0.3) is 5.91 Å². The molecular formula is C32H34N4O2. The van der Waals surface area contributed by atoms with Crippen molar-refractivity contribution in [2.45, 2.75) is 37.8 Å². The van der Waals surface area contributed by atoms with Crippen molar-refractivity contribution in [3.8, 4) is 0 Å². The molecule has 0 spiro atoms. The Labute approximate surface area is 223 Å². The van der Waals surface area contributed by atoms with E-state index in [2.05, 4.69) is 44.8 Å². The van der Waals surface area contributed by atoms with Crippen LogP contribution in [0.15, 0.2) is 85.1 Å². The smallest absolute Gasteiger partial charge is 0.252 e. The fourth-order valence-electron chi connectivity index (χ4n) is 6.01. The summed E-state index contributed by atoms with van der Waals surface area (Å²) >= 11 is 0. The Morgan fingerprint density at radius 1 is 0.895 bits per heavy atom. The van der Waals surface area contributed by atoms with Gasteiger partial charge >= 0.3 is 0 Å². The van der Waals surface area contributed by atoms with Crippen LogP contribution in [0.4, 0.5) is 0 Å². The lowest BCUT2D eigenvalue weighted by Crippen LogP contribution is -2.46. The first-order valence-electron chi connectivity index (χ1n) is 13.7. The van der Waals surface area contributed by atoms with Gasteiger partial charge in [0.2, 0.25) is 5.91 Å². The number of fused-ring (bicyclic) bond motifs is 2. The van der Waals surface area contributed by atoms with Gasteiger partial charge in [-0.1, -0.05) is 60.7 Å². The molecule has 0 bridgehead atoms. The fourth-order valence-corrected chi connectivity index (χ4v) is 6.01. The Hall–Kier alpha value is -3.90. The summed E-state index contributed by atoms with van der Waals surface area (Å²) in [6.07, 6.45) is 6.29. The van der Waals surface area contributed by atoms with Gasteiger partial charge in [0.05, 0.1) is 0 Å². The number of rotatable bonds is 7. The van der Waals surface area contributed by atoms with E-state index < -0.39 is 6.04 Å². The molecule has 38 heavy (non-hydrogen) atoms. The summed E-state index contributed by atoms with van der Waals surface area (Å²) in [7, 11) is 0. The summed E-state index contributed by atoms with van der Waals surface area (Å²) in [5, 5.41) is 7.17. The van der Waals surface area contributed by atoms with Crippen molar-refractivity contribution in [1.29, 1.82) is 0 Å². The monoisotopic (exact) mass is 506 g/mol. The summed E-state index contributed by atoms with van der Waals surface area (Å²) in [6, 6.07) is 25.6. The summed E-state index contributed by atoms with van der Waals surface area (Å²) in [5.41, 5.74) is 5.18. The molecule has 1 aliphatic heterocycles. The van der Waals surface area contributed by atoms with Crippen molar-refractivity contribution in [3.05, 3.63) is 107 Å². The number of hydrogen-bond acceptors (Lipinski definition) is 3. The van der Waals surface area contributed by atoms with E-state index in [4.69, 9.17) is 0 Å². The number of hydrogen-bond donors (Lipinski definition) is 3. The summed E-state index contributed by atoms with van der Waals surface area (Å²) in [5.74, 6) is 0.0110. The molecule has 4 aromatic rings. The maximum atomic E-state index is 13.4. The maximum absolute atomic E-state index is 13.4. The maximum Gasteiger partial charge on any atom is 0.252 e. The molecule has 194 valence electrons. The van der Waals surface area contributed by atoms with Crippen molar-refractivity contribution in [2.24, 2.45) is 5.92 Å². The molecule has 1 saturated heterocycles. The van der Waals surface area contributed by atoms with Crippen LogP contribution in [-0.4, -0.2) is 47.4 Å². The van der Waals surface area contributed by atoms with E-state index in [9.17, 15) is 9.59 Å². The SMILES string of the molecule is O=C(N[C@@H](C(=O)NCC1CCN(C2Cc3ccccc3C2)CC1)c1ccccc1)c1ccc2cc[nH]c2c1. The first-order valence-corrected chi connectivity index (χ1v) is 13.7. The second kappa shape index (κ2) is 10.8. The molecule has 0 saturated carbocycles. The number of H-pyrrole nitrogens is 1. The van der Waals surface area contributed by atoms with Crippen LogP contribution >= 0.6 is 0 Å². The molecule has 2 aliphatic rings. The predicted octanol–water partition coefficient (Wildman–Crippen LogP) is 4.63. The highest BCUT2D eigenvalue weighted by molar-refractivity contribution is 6.00. The number of aromatic nitrogens is 1. The fraction of sp³-hybridized carbons (Fsp3) is 0.312. The van der Waals surface area contributed by atoms with Gasteiger partial charge in [-0.2, -0.15) is 0 Å². The van der Waals surface area contributed by atoms with Gasteiger partial charge in [-0.3, -0.25) is 14.5 Å². The number of nitrogens with zero attached hydrogens (tertiary/aromatic N) is 1. The van der Waals surface area contributed by atoms with Crippen LogP contribution in [0.2, 0.25) is 0 Å². The van der Waals surface area contributed by atoms with E-state index in [-0.39, 0.29) is 11.8 Å². The zero-order valence-corrected chi connectivity index (χ0v) is 21.5. The Bertz CT molecular complexity index is 1400. The van der Waals surface area contributed by atoms with Gasteiger partial charge < -0.3 is 15.6 Å². The summed E-state index contributed by atoms with van der Waals surface area (Å²) in [6.45, 7) is 2.77. The van der Waals surface area contributed by atoms with Crippen molar-refractivity contribution in [2.75, 3.05) is 19.6 Å². The number of carbonyl (C=O) groups is 2. The molecule has 6 nitrogen and oxygen atoms in total. The molecule has 1 atom stereocenters. The lowest BCUT2D eigenvalue weighted by Gasteiger charge is -2.36. The van der Waals surface area contributed by atoms with Gasteiger partial charge in [0.15, 0.2) is 0 Å². The number of piperidine rings is 1. The van der Waals surface area contributed by atoms with E-state index in [0.29, 0.717) is 24.1 Å². The highest BCUT2D eigenvalue weighted by atomic mass is 16.2. The highest BCUT2D eigenvalue weighted by Crippen LogP contribution is 2.28. The minimum Gasteiger partial charge on any atom is -0.361 e. The summed E-state index contributed by atoms with van der Waals surface area (Å²) < 4.78 is 0. The van der Waals surface area contributed by atoms with Gasteiger partial charge in [0.1, 0.15) is 6.04 Å². The molecule has 0 radical (unpaired) electrons. The Kier molecular flexibility index (Phi) is 6.97. The molecule has 2 amide bonds. The second-order valence-electron chi connectivity index (χ2n) is 10.7. The third kappa shape index (κ3) is 5.22. The van der Waals surface area contributed by atoms with Gasteiger partial charge in [-0.15, -0.1) is 0 Å². The zero-order chi connectivity index (χ0) is 25.9. The third-order valence-electron chi connectivity index (χ3n) is 8.25. The van der Waals surface area contributed by atoms with Gasteiger partial charge in [-0.25, -0.2) is 0 Å². The lowest BCUT2D eigenvalue weighted by molar-refractivity contribution is -0.123. The number of nitrogens with one attached hydrogen (secondary N) is 3. The van der Waals surface area contributed by atoms with Gasteiger partial charge in [0, 0.05) is 29.9 Å². The van der Waals surface area contributed by atoms with Crippen LogP contribution in [0, 0.1) is 5.92 Å². The molecule has 1 aliphatic carbocycles. The van der Waals surface area contributed by atoms with E-state index in [1.807, 2.05) is 54.7 Å². The number of carbonyl (C=O) groups excluding carboxylic acids is 2. The molecule has 6 heteroatoms. The van der Waals surface area contributed by atoms with Crippen molar-refractivity contribution >= 4 is 22.7 Å². The van der Waals surface area contributed by atoms with Gasteiger partial charge in [-0.05, 0) is 85.0 Å². The average Bonchev–Trinajstić information content (AvgIpc) is 3.62. The van der Waals surface area contributed by atoms with Crippen LogP contribution in [-0.2, 0) is 17.6 Å².